The van der Waals surface area contributed by atoms with E-state index in [1.807, 2.05) is 41.5 Å². The van der Waals surface area contributed by atoms with Gasteiger partial charge in [-0.3, -0.25) is 4.79 Å². The van der Waals surface area contributed by atoms with Crippen LogP contribution in [-0.2, 0) is 9.53 Å². The van der Waals surface area contributed by atoms with Crippen LogP contribution in [0.3, 0.4) is 0 Å². The molecule has 1 fully saturated rings. The normalized spacial score (nSPS) is 18.6. The molecule has 1 saturated carbocycles. The van der Waals surface area contributed by atoms with Crippen molar-refractivity contribution in [3.63, 3.8) is 0 Å². The number of rotatable bonds is 6. The number of hydrogen-bond acceptors (Lipinski definition) is 3. The monoisotopic (exact) mass is 326 g/mol. The van der Waals surface area contributed by atoms with Crippen molar-refractivity contribution in [3.8, 4) is 0 Å². The van der Waals surface area contributed by atoms with Crippen LogP contribution in [0.2, 0.25) is 0 Å². The average molecular weight is 326 g/mol. The largest absolute Gasteiger partial charge is 0.444 e. The van der Waals surface area contributed by atoms with Gasteiger partial charge in [-0.15, -0.1) is 0 Å². The minimum atomic E-state index is -0.524. The SMILES string of the molecule is CC(C)C(C)(CNC(=O)OC(C)(C)C)NC(=O)CC1CCCC1. The summed E-state index contributed by atoms with van der Waals surface area (Å²) >= 11 is 0. The van der Waals surface area contributed by atoms with Gasteiger partial charge in [0.05, 0.1) is 5.54 Å². The molecule has 0 bridgehead atoms. The maximum absolute atomic E-state index is 12.3. The van der Waals surface area contributed by atoms with E-state index in [2.05, 4.69) is 10.6 Å². The van der Waals surface area contributed by atoms with Crippen molar-refractivity contribution < 1.29 is 14.3 Å². The molecule has 5 heteroatoms. The van der Waals surface area contributed by atoms with Gasteiger partial charge in [-0.1, -0.05) is 26.7 Å². The number of nitrogens with one attached hydrogen (secondary N) is 2. The smallest absolute Gasteiger partial charge is 0.407 e. The van der Waals surface area contributed by atoms with E-state index >= 15 is 0 Å². The molecule has 5 nitrogen and oxygen atoms in total. The summed E-state index contributed by atoms with van der Waals surface area (Å²) in [5.41, 5.74) is -1.00. The molecule has 1 rings (SSSR count). The Morgan fingerprint density at radius 2 is 1.70 bits per heavy atom. The first-order valence-corrected chi connectivity index (χ1v) is 8.80. The molecular formula is C18H34N2O3. The topological polar surface area (TPSA) is 67.4 Å². The molecule has 0 saturated heterocycles. The average Bonchev–Trinajstić information content (AvgIpc) is 2.86. The molecule has 1 aliphatic rings. The Hall–Kier alpha value is -1.26. The summed E-state index contributed by atoms with van der Waals surface area (Å²) in [4.78, 5) is 24.2. The highest BCUT2D eigenvalue weighted by atomic mass is 16.6. The van der Waals surface area contributed by atoms with E-state index in [0.29, 0.717) is 18.9 Å². The van der Waals surface area contributed by atoms with Crippen molar-refractivity contribution in [1.82, 2.24) is 10.6 Å². The van der Waals surface area contributed by atoms with Crippen molar-refractivity contribution in [2.45, 2.75) is 84.8 Å². The number of ether oxygens (including phenoxy) is 1. The first kappa shape index (κ1) is 19.8. The Balaban J connectivity index is 2.53. The van der Waals surface area contributed by atoms with Crippen LogP contribution in [0.15, 0.2) is 0 Å². The number of alkyl carbamates (subject to hydrolysis) is 1. The van der Waals surface area contributed by atoms with Gasteiger partial charge in [-0.05, 0) is 52.4 Å². The van der Waals surface area contributed by atoms with Crippen LogP contribution in [0, 0.1) is 11.8 Å². The van der Waals surface area contributed by atoms with Gasteiger partial charge in [-0.2, -0.15) is 0 Å². The lowest BCUT2D eigenvalue weighted by Crippen LogP contribution is -2.57. The highest BCUT2D eigenvalue weighted by Gasteiger charge is 2.32. The molecule has 23 heavy (non-hydrogen) atoms. The number of amides is 2. The van der Waals surface area contributed by atoms with E-state index in [0.717, 1.165) is 12.8 Å². The quantitative estimate of drug-likeness (QED) is 0.783. The van der Waals surface area contributed by atoms with Crippen LogP contribution in [-0.4, -0.2) is 29.7 Å². The Morgan fingerprint density at radius 3 is 2.17 bits per heavy atom. The summed E-state index contributed by atoms with van der Waals surface area (Å²) in [7, 11) is 0. The van der Waals surface area contributed by atoms with Crippen LogP contribution in [0.25, 0.3) is 0 Å². The zero-order chi connectivity index (χ0) is 17.7. The van der Waals surface area contributed by atoms with Gasteiger partial charge in [0.2, 0.25) is 5.91 Å². The standard InChI is InChI=1S/C18H34N2O3/c1-13(2)18(6,12-19-16(22)23-17(3,4)5)20-15(21)11-14-9-7-8-10-14/h13-14H,7-12H2,1-6H3,(H,19,22)(H,20,21). The van der Waals surface area contributed by atoms with Gasteiger partial charge < -0.3 is 15.4 Å². The zero-order valence-electron chi connectivity index (χ0n) is 15.6. The van der Waals surface area contributed by atoms with E-state index in [-0.39, 0.29) is 11.8 Å². The Morgan fingerprint density at radius 1 is 1.13 bits per heavy atom. The van der Waals surface area contributed by atoms with E-state index in [1.165, 1.54) is 12.8 Å². The molecule has 1 atom stereocenters. The molecule has 2 amide bonds. The summed E-state index contributed by atoms with van der Waals surface area (Å²) in [5.74, 6) is 0.800. The van der Waals surface area contributed by atoms with Gasteiger partial charge in [-0.25, -0.2) is 4.79 Å². The van der Waals surface area contributed by atoms with E-state index < -0.39 is 17.2 Å². The summed E-state index contributed by atoms with van der Waals surface area (Å²) in [5, 5.41) is 5.91. The minimum absolute atomic E-state index is 0.0825. The van der Waals surface area contributed by atoms with Gasteiger partial charge in [0.1, 0.15) is 5.60 Å². The van der Waals surface area contributed by atoms with E-state index in [9.17, 15) is 9.59 Å². The van der Waals surface area contributed by atoms with Gasteiger partial charge >= 0.3 is 6.09 Å². The van der Waals surface area contributed by atoms with Crippen LogP contribution in [0.5, 0.6) is 0 Å². The second-order valence-electron chi connectivity index (χ2n) is 8.33. The van der Waals surface area contributed by atoms with Gasteiger partial charge in [0.15, 0.2) is 0 Å². The van der Waals surface area contributed by atoms with Crippen LogP contribution in [0.1, 0.15) is 73.6 Å². The molecule has 0 heterocycles. The molecular weight excluding hydrogens is 292 g/mol. The maximum atomic E-state index is 12.3. The Kier molecular flexibility index (Phi) is 6.90. The molecule has 1 unspecified atom stereocenters. The zero-order valence-corrected chi connectivity index (χ0v) is 15.6. The first-order chi connectivity index (χ1) is 10.5. The number of carbonyl (C=O) groups excluding carboxylic acids is 2. The second-order valence-corrected chi connectivity index (χ2v) is 8.33. The van der Waals surface area contributed by atoms with Crippen molar-refractivity contribution >= 4 is 12.0 Å². The third-order valence-electron chi connectivity index (χ3n) is 4.65. The third kappa shape index (κ3) is 7.23. The lowest BCUT2D eigenvalue weighted by Gasteiger charge is -2.35. The highest BCUT2D eigenvalue weighted by molar-refractivity contribution is 5.77. The predicted octanol–water partition coefficient (Wildman–Crippen LogP) is 3.62. The molecule has 1 aliphatic carbocycles. The fourth-order valence-corrected chi connectivity index (χ4v) is 2.81. The molecule has 0 spiro atoms. The molecule has 2 N–H and O–H groups in total. The highest BCUT2D eigenvalue weighted by Crippen LogP contribution is 2.28. The molecule has 0 aliphatic heterocycles. The first-order valence-electron chi connectivity index (χ1n) is 8.80. The third-order valence-corrected chi connectivity index (χ3v) is 4.65. The van der Waals surface area contributed by atoms with Crippen molar-refractivity contribution in [2.24, 2.45) is 11.8 Å². The van der Waals surface area contributed by atoms with E-state index in [4.69, 9.17) is 4.74 Å². The summed E-state index contributed by atoms with van der Waals surface area (Å²) < 4.78 is 5.26. The van der Waals surface area contributed by atoms with Crippen molar-refractivity contribution in [3.05, 3.63) is 0 Å². The molecule has 0 aromatic carbocycles. The predicted molar refractivity (Wildman–Crippen MR) is 92.2 cm³/mol. The Bertz CT molecular complexity index is 409. The fraction of sp³-hybridized carbons (Fsp3) is 0.889. The molecule has 0 radical (unpaired) electrons. The van der Waals surface area contributed by atoms with Gasteiger partial charge in [0.25, 0.3) is 0 Å². The molecule has 134 valence electrons. The summed E-state index contributed by atoms with van der Waals surface area (Å²) in [6.07, 6.45) is 4.92. The fourth-order valence-electron chi connectivity index (χ4n) is 2.81. The maximum Gasteiger partial charge on any atom is 0.407 e. The Labute approximate surface area is 140 Å². The van der Waals surface area contributed by atoms with Crippen LogP contribution < -0.4 is 10.6 Å². The summed E-state index contributed by atoms with van der Waals surface area (Å²) in [6, 6.07) is 0. The van der Waals surface area contributed by atoms with Crippen LogP contribution >= 0.6 is 0 Å². The number of carbonyl (C=O) groups is 2. The molecule has 0 aromatic rings. The molecule has 0 aromatic heterocycles. The van der Waals surface area contributed by atoms with E-state index in [1.54, 1.807) is 0 Å². The van der Waals surface area contributed by atoms with Crippen molar-refractivity contribution in [1.29, 1.82) is 0 Å². The second kappa shape index (κ2) is 8.02. The number of hydrogen-bond donors (Lipinski definition) is 2. The van der Waals surface area contributed by atoms with Gasteiger partial charge in [0, 0.05) is 13.0 Å². The lowest BCUT2D eigenvalue weighted by molar-refractivity contribution is -0.124. The van der Waals surface area contributed by atoms with Crippen LogP contribution in [0.4, 0.5) is 4.79 Å². The lowest BCUT2D eigenvalue weighted by atomic mass is 9.87. The minimum Gasteiger partial charge on any atom is -0.444 e. The van der Waals surface area contributed by atoms with Crippen molar-refractivity contribution in [2.75, 3.05) is 6.54 Å². The summed E-state index contributed by atoms with van der Waals surface area (Å²) in [6.45, 7) is 11.9.